The Labute approximate surface area is 366 Å². The van der Waals surface area contributed by atoms with E-state index in [9.17, 15) is 19.2 Å². The van der Waals surface area contributed by atoms with Crippen LogP contribution in [-0.4, -0.2) is 43.6 Å². The average Bonchev–Trinajstić information content (AvgIpc) is 3.96. The predicted molar refractivity (Wildman–Crippen MR) is 254 cm³/mol. The molecule has 0 saturated heterocycles. The lowest BCUT2D eigenvalue weighted by molar-refractivity contribution is -0.112. The van der Waals surface area contributed by atoms with Gasteiger partial charge in [-0.25, -0.2) is 9.97 Å². The summed E-state index contributed by atoms with van der Waals surface area (Å²) in [5, 5.41) is 11.5. The predicted octanol–water partition coefficient (Wildman–Crippen LogP) is 10.6. The van der Waals surface area contributed by atoms with E-state index in [0.29, 0.717) is 45.5 Å². The van der Waals surface area contributed by atoms with Crippen molar-refractivity contribution >= 4 is 80.6 Å². The molecule has 0 radical (unpaired) electrons. The number of carbonyl (C=O) groups is 4. The van der Waals surface area contributed by atoms with Gasteiger partial charge in [0.2, 0.25) is 11.8 Å². The minimum absolute atomic E-state index is 0.319. The molecule has 2 aromatic heterocycles. The minimum Gasteiger partial charge on any atom is -0.338 e. The first-order chi connectivity index (χ1) is 31.3. The molecule has 64 heavy (non-hydrogen) atoms. The number of H-pyrrole nitrogens is 2. The smallest absolute Gasteiger partial charge is 0.257 e. The minimum atomic E-state index is -0.375. The van der Waals surface area contributed by atoms with Crippen molar-refractivity contribution in [3.63, 3.8) is 0 Å². The summed E-state index contributed by atoms with van der Waals surface area (Å²) in [6.45, 7) is 0. The number of hydrogen-bond donors (Lipinski definition) is 6. The lowest BCUT2D eigenvalue weighted by atomic mass is 10.1. The van der Waals surface area contributed by atoms with E-state index in [1.165, 1.54) is 12.2 Å². The van der Waals surface area contributed by atoms with Gasteiger partial charge in [0, 0.05) is 34.7 Å². The summed E-state index contributed by atoms with van der Waals surface area (Å²) >= 11 is 0. The van der Waals surface area contributed by atoms with Crippen LogP contribution in [0.1, 0.15) is 31.8 Å². The second-order valence-electron chi connectivity index (χ2n) is 14.7. The van der Waals surface area contributed by atoms with E-state index < -0.39 is 0 Å². The molecule has 0 unspecified atom stereocenters. The maximum absolute atomic E-state index is 13.4. The fourth-order valence-electron chi connectivity index (χ4n) is 7.03. The number of anilines is 4. The highest BCUT2D eigenvalue weighted by Gasteiger charge is 2.16. The first-order valence-electron chi connectivity index (χ1n) is 20.3. The number of rotatable bonds is 12. The maximum atomic E-state index is 13.4. The Balaban J connectivity index is 0.842. The van der Waals surface area contributed by atoms with Gasteiger partial charge in [-0.1, -0.05) is 109 Å². The van der Waals surface area contributed by atoms with Gasteiger partial charge in [-0.05, 0) is 83.9 Å². The van der Waals surface area contributed by atoms with Crippen molar-refractivity contribution in [3.8, 4) is 22.8 Å². The highest BCUT2D eigenvalue weighted by molar-refractivity contribution is 6.13. The third-order valence-electron chi connectivity index (χ3n) is 10.2. The van der Waals surface area contributed by atoms with E-state index in [1.807, 2.05) is 109 Å². The van der Waals surface area contributed by atoms with Gasteiger partial charge in [-0.15, -0.1) is 0 Å². The molecule has 0 bridgehead atoms. The molecule has 12 heteroatoms. The van der Waals surface area contributed by atoms with Crippen LogP contribution in [0.15, 0.2) is 182 Å². The average molecular weight is 839 g/mol. The number of benzene rings is 7. The summed E-state index contributed by atoms with van der Waals surface area (Å²) in [6.07, 6.45) is 6.28. The Morgan fingerprint density at radius 3 is 1.23 bits per heavy atom. The molecule has 4 amide bonds. The largest absolute Gasteiger partial charge is 0.338 e. The number of nitrogens with zero attached hydrogens (tertiary/aromatic N) is 2. The summed E-state index contributed by atoms with van der Waals surface area (Å²) in [7, 11) is 0. The highest BCUT2D eigenvalue weighted by atomic mass is 16.2. The Hall–Kier alpha value is -9.16. The number of aromatic nitrogens is 4. The third-order valence-corrected chi connectivity index (χ3v) is 10.2. The number of nitrogens with one attached hydrogen (secondary N) is 6. The van der Waals surface area contributed by atoms with E-state index in [1.54, 1.807) is 72.8 Å². The van der Waals surface area contributed by atoms with E-state index in [2.05, 4.69) is 31.2 Å². The van der Waals surface area contributed by atoms with Crippen LogP contribution in [0.2, 0.25) is 0 Å². The molecule has 6 N–H and O–H groups in total. The van der Waals surface area contributed by atoms with Gasteiger partial charge >= 0.3 is 0 Å². The number of para-hydroxylation sites is 2. The van der Waals surface area contributed by atoms with Crippen LogP contribution < -0.4 is 21.3 Å². The molecular formula is C52H38N8O4. The molecule has 12 nitrogen and oxygen atoms in total. The van der Waals surface area contributed by atoms with Crippen molar-refractivity contribution in [1.29, 1.82) is 0 Å². The Morgan fingerprint density at radius 1 is 0.422 bits per heavy atom. The summed E-state index contributed by atoms with van der Waals surface area (Å²) < 4.78 is 0. The number of aromatic amines is 2. The molecule has 2 heterocycles. The van der Waals surface area contributed by atoms with Gasteiger partial charge in [-0.3, -0.25) is 19.2 Å². The maximum Gasteiger partial charge on any atom is 0.257 e. The standard InChI is InChI=1S/C52H38N8O4/c61-47(29-19-33-11-3-1-4-12-33)55-41-17-9-7-15-39(41)51(63)53-37-25-27-43-45(31-37)59-49(57-43)35-21-23-36(24-22-35)50-58-44-28-26-38(32-46(44)60-50)54-52(64)40-16-8-10-18-42(40)56-48(62)30-20-34-13-5-2-6-14-34/h1-32H,(H,53,63)(H,54,64)(H,55,61)(H,56,62)(H,57,59)(H,58,60)/b29-19+,30-20+. The number of imidazole rings is 2. The van der Waals surface area contributed by atoms with Gasteiger partial charge in [0.05, 0.1) is 44.6 Å². The Kier molecular flexibility index (Phi) is 11.5. The second kappa shape index (κ2) is 18.2. The molecule has 0 saturated carbocycles. The first kappa shape index (κ1) is 40.3. The van der Waals surface area contributed by atoms with E-state index in [0.717, 1.165) is 44.3 Å². The molecule has 0 aliphatic heterocycles. The lowest BCUT2D eigenvalue weighted by Gasteiger charge is -2.10. The molecule has 0 fully saturated rings. The molecule has 9 rings (SSSR count). The van der Waals surface area contributed by atoms with Crippen LogP contribution in [0.3, 0.4) is 0 Å². The molecule has 310 valence electrons. The third kappa shape index (κ3) is 9.41. The number of amides is 4. The zero-order valence-electron chi connectivity index (χ0n) is 34.0. The molecule has 7 aromatic carbocycles. The number of fused-ring (bicyclic) bond motifs is 2. The van der Waals surface area contributed by atoms with Gasteiger partial charge in [0.1, 0.15) is 11.6 Å². The van der Waals surface area contributed by atoms with Crippen LogP contribution in [-0.2, 0) is 9.59 Å². The Bertz CT molecular complexity index is 3030. The van der Waals surface area contributed by atoms with Gasteiger partial charge in [-0.2, -0.15) is 0 Å². The van der Waals surface area contributed by atoms with Crippen molar-refractivity contribution in [2.45, 2.75) is 0 Å². The molecular weight excluding hydrogens is 801 g/mol. The number of carbonyl (C=O) groups excluding carboxylic acids is 4. The van der Waals surface area contributed by atoms with Crippen molar-refractivity contribution in [2.24, 2.45) is 0 Å². The summed E-state index contributed by atoms with van der Waals surface area (Å²) in [5.41, 5.74) is 8.91. The SMILES string of the molecule is O=C(/C=C/c1ccccc1)Nc1ccccc1C(=O)Nc1ccc2nc(-c3ccc(-c4nc5ccc(NC(=O)c6ccccc6NC(=O)/C=C/c6ccccc6)cc5[nH]4)cc3)[nH]c2c1. The van der Waals surface area contributed by atoms with Crippen LogP contribution in [0.5, 0.6) is 0 Å². The van der Waals surface area contributed by atoms with Crippen molar-refractivity contribution in [2.75, 3.05) is 21.3 Å². The molecule has 0 aliphatic rings. The summed E-state index contributed by atoms with van der Waals surface area (Å²) in [5.74, 6) is -0.155. The van der Waals surface area contributed by atoms with Crippen LogP contribution >= 0.6 is 0 Å². The fourth-order valence-corrected chi connectivity index (χ4v) is 7.03. The topological polar surface area (TPSA) is 174 Å². The van der Waals surface area contributed by atoms with Gasteiger partial charge < -0.3 is 31.2 Å². The van der Waals surface area contributed by atoms with E-state index in [-0.39, 0.29) is 23.6 Å². The van der Waals surface area contributed by atoms with Crippen LogP contribution in [0.25, 0.3) is 57.0 Å². The lowest BCUT2D eigenvalue weighted by Crippen LogP contribution is -2.17. The zero-order chi connectivity index (χ0) is 43.8. The van der Waals surface area contributed by atoms with Crippen molar-refractivity contribution in [1.82, 2.24) is 19.9 Å². The Morgan fingerprint density at radius 2 is 0.812 bits per heavy atom. The quantitative estimate of drug-likeness (QED) is 0.0668. The normalized spacial score (nSPS) is 11.2. The first-order valence-corrected chi connectivity index (χ1v) is 20.3. The summed E-state index contributed by atoms with van der Waals surface area (Å²) in [6, 6.07) is 51.3. The van der Waals surface area contributed by atoms with E-state index in [4.69, 9.17) is 9.97 Å². The van der Waals surface area contributed by atoms with Crippen molar-refractivity contribution < 1.29 is 19.2 Å². The zero-order valence-corrected chi connectivity index (χ0v) is 34.0. The van der Waals surface area contributed by atoms with Crippen LogP contribution in [0.4, 0.5) is 22.7 Å². The molecule has 9 aromatic rings. The molecule has 0 atom stereocenters. The fraction of sp³-hybridized carbons (Fsp3) is 0. The number of hydrogen-bond acceptors (Lipinski definition) is 6. The molecule has 0 aliphatic carbocycles. The monoisotopic (exact) mass is 838 g/mol. The molecule has 0 spiro atoms. The van der Waals surface area contributed by atoms with E-state index >= 15 is 0 Å². The van der Waals surface area contributed by atoms with Crippen molar-refractivity contribution in [3.05, 3.63) is 204 Å². The van der Waals surface area contributed by atoms with Gasteiger partial charge in [0.15, 0.2) is 0 Å². The second-order valence-corrected chi connectivity index (χ2v) is 14.7. The van der Waals surface area contributed by atoms with Crippen LogP contribution in [0, 0.1) is 0 Å². The summed E-state index contributed by atoms with van der Waals surface area (Å²) in [4.78, 5) is 68.5. The van der Waals surface area contributed by atoms with Gasteiger partial charge in [0.25, 0.3) is 11.8 Å². The highest BCUT2D eigenvalue weighted by Crippen LogP contribution is 2.28.